The van der Waals surface area contributed by atoms with Gasteiger partial charge in [-0.2, -0.15) is 0 Å². The lowest BCUT2D eigenvalue weighted by Crippen LogP contribution is -2.25. The number of imidazole rings is 1. The van der Waals surface area contributed by atoms with Crippen LogP contribution in [-0.4, -0.2) is 30.6 Å². The molecule has 0 fully saturated rings. The number of ether oxygens (including phenoxy) is 1. The van der Waals surface area contributed by atoms with Gasteiger partial charge in [-0.3, -0.25) is 9.36 Å². The minimum absolute atomic E-state index is 0.0870. The number of aromatic nitrogens is 5. The van der Waals surface area contributed by atoms with Gasteiger partial charge in [0.15, 0.2) is 5.82 Å². The standard InChI is InChI=1S/C28H22N6O2/c35-27(29-17-25-30-22-11-5-6-12-23(22)31-25)16-19-18-34(24-13-7-4-10-21(19)24)26-14-15-28(33-32-26)36-20-8-2-1-3-9-20/h1-15,18H,16-17H2,(H,29,35)(H,30,31). The molecule has 6 aromatic rings. The van der Waals surface area contributed by atoms with E-state index in [0.717, 1.165) is 33.3 Å². The van der Waals surface area contributed by atoms with Crippen molar-refractivity contribution >= 4 is 27.8 Å². The van der Waals surface area contributed by atoms with Gasteiger partial charge in [0.25, 0.3) is 0 Å². The number of H-pyrrole nitrogens is 1. The predicted octanol–water partition coefficient (Wildman–Crippen LogP) is 4.95. The first kappa shape index (κ1) is 21.5. The summed E-state index contributed by atoms with van der Waals surface area (Å²) in [5, 5.41) is 12.5. The van der Waals surface area contributed by atoms with Crippen LogP contribution in [0.4, 0.5) is 0 Å². The smallest absolute Gasteiger partial charge is 0.238 e. The molecule has 6 rings (SSSR count). The Hall–Kier alpha value is -4.98. The fraction of sp³-hybridized carbons (Fsp3) is 0.0714. The molecule has 0 unspecified atom stereocenters. The van der Waals surface area contributed by atoms with Crippen molar-refractivity contribution in [3.63, 3.8) is 0 Å². The van der Waals surface area contributed by atoms with Crippen LogP contribution in [0.5, 0.6) is 11.6 Å². The molecule has 8 nitrogen and oxygen atoms in total. The summed E-state index contributed by atoms with van der Waals surface area (Å²) in [5.74, 6) is 2.38. The van der Waals surface area contributed by atoms with Crippen molar-refractivity contribution in [2.45, 2.75) is 13.0 Å². The lowest BCUT2D eigenvalue weighted by Gasteiger charge is -2.06. The number of para-hydroxylation sites is 4. The second-order valence-electron chi connectivity index (χ2n) is 8.34. The van der Waals surface area contributed by atoms with E-state index in [4.69, 9.17) is 4.74 Å². The normalized spacial score (nSPS) is 11.1. The molecule has 0 aliphatic carbocycles. The highest BCUT2D eigenvalue weighted by molar-refractivity contribution is 5.90. The fourth-order valence-electron chi connectivity index (χ4n) is 4.19. The number of hydrogen-bond acceptors (Lipinski definition) is 5. The predicted molar refractivity (Wildman–Crippen MR) is 137 cm³/mol. The van der Waals surface area contributed by atoms with Gasteiger partial charge in [-0.1, -0.05) is 48.5 Å². The van der Waals surface area contributed by atoms with Crippen molar-refractivity contribution in [2.75, 3.05) is 0 Å². The Morgan fingerprint density at radius 3 is 2.53 bits per heavy atom. The third kappa shape index (κ3) is 4.39. The second kappa shape index (κ2) is 9.34. The van der Waals surface area contributed by atoms with Crippen molar-refractivity contribution in [1.29, 1.82) is 0 Å². The van der Waals surface area contributed by atoms with Gasteiger partial charge >= 0.3 is 0 Å². The second-order valence-corrected chi connectivity index (χ2v) is 8.34. The molecule has 0 saturated heterocycles. The first-order valence-corrected chi connectivity index (χ1v) is 11.6. The summed E-state index contributed by atoms with van der Waals surface area (Å²) in [6.07, 6.45) is 2.17. The highest BCUT2D eigenvalue weighted by Gasteiger charge is 2.14. The summed E-state index contributed by atoms with van der Waals surface area (Å²) >= 11 is 0. The molecule has 0 spiro atoms. The minimum Gasteiger partial charge on any atom is -0.438 e. The Kier molecular flexibility index (Phi) is 5.59. The molecule has 3 aromatic heterocycles. The Bertz CT molecular complexity index is 1620. The van der Waals surface area contributed by atoms with Crippen molar-refractivity contribution in [3.05, 3.63) is 109 Å². The van der Waals surface area contributed by atoms with E-state index in [-0.39, 0.29) is 12.3 Å². The number of nitrogens with zero attached hydrogens (tertiary/aromatic N) is 4. The van der Waals surface area contributed by atoms with Gasteiger partial charge in [0, 0.05) is 17.6 Å². The molecule has 1 amide bonds. The summed E-state index contributed by atoms with van der Waals surface area (Å²) in [4.78, 5) is 20.6. The van der Waals surface area contributed by atoms with Crippen LogP contribution in [-0.2, 0) is 17.8 Å². The average Bonchev–Trinajstić information content (AvgIpc) is 3.50. The minimum atomic E-state index is -0.0870. The zero-order chi connectivity index (χ0) is 24.3. The van der Waals surface area contributed by atoms with E-state index in [1.165, 1.54) is 0 Å². The number of aromatic amines is 1. The molecular weight excluding hydrogens is 452 g/mol. The molecule has 2 N–H and O–H groups in total. The SMILES string of the molecule is O=C(Cc1cn(-c2ccc(Oc3ccccc3)nn2)c2ccccc12)NCc1nc2ccccc2[nH]1. The van der Waals surface area contributed by atoms with Crippen LogP contribution in [0.2, 0.25) is 0 Å². The third-order valence-electron chi connectivity index (χ3n) is 5.88. The largest absolute Gasteiger partial charge is 0.438 e. The number of benzene rings is 3. The van der Waals surface area contributed by atoms with E-state index in [1.807, 2.05) is 95.7 Å². The molecule has 0 aliphatic heterocycles. The molecular formula is C28H22N6O2. The van der Waals surface area contributed by atoms with Crippen LogP contribution in [0.25, 0.3) is 27.8 Å². The summed E-state index contributed by atoms with van der Waals surface area (Å²) in [6, 6.07) is 28.8. The summed E-state index contributed by atoms with van der Waals surface area (Å²) in [5.41, 5.74) is 3.68. The quantitative estimate of drug-likeness (QED) is 0.341. The van der Waals surface area contributed by atoms with Gasteiger partial charge < -0.3 is 15.0 Å². The average molecular weight is 475 g/mol. The molecule has 36 heavy (non-hydrogen) atoms. The van der Waals surface area contributed by atoms with Crippen molar-refractivity contribution in [3.8, 4) is 17.4 Å². The van der Waals surface area contributed by atoms with Gasteiger partial charge in [0.2, 0.25) is 11.8 Å². The number of carbonyl (C=O) groups is 1. The first-order chi connectivity index (χ1) is 17.7. The molecule has 3 heterocycles. The van der Waals surface area contributed by atoms with E-state index in [9.17, 15) is 4.79 Å². The maximum absolute atomic E-state index is 12.8. The molecule has 176 valence electrons. The van der Waals surface area contributed by atoms with Gasteiger partial charge in [0.05, 0.1) is 29.5 Å². The lowest BCUT2D eigenvalue weighted by molar-refractivity contribution is -0.120. The highest BCUT2D eigenvalue weighted by Crippen LogP contribution is 2.25. The summed E-state index contributed by atoms with van der Waals surface area (Å²) in [7, 11) is 0. The van der Waals surface area contributed by atoms with Crippen LogP contribution >= 0.6 is 0 Å². The molecule has 0 bridgehead atoms. The Morgan fingerprint density at radius 2 is 1.69 bits per heavy atom. The van der Waals surface area contributed by atoms with Gasteiger partial charge in [-0.05, 0) is 42.0 Å². The molecule has 0 atom stereocenters. The van der Waals surface area contributed by atoms with Crippen LogP contribution in [0.3, 0.4) is 0 Å². The number of nitrogens with one attached hydrogen (secondary N) is 2. The van der Waals surface area contributed by atoms with E-state index in [1.54, 1.807) is 6.07 Å². The number of rotatable bonds is 7. The van der Waals surface area contributed by atoms with Gasteiger partial charge in [-0.25, -0.2) is 4.98 Å². The van der Waals surface area contributed by atoms with Crippen molar-refractivity contribution in [2.24, 2.45) is 0 Å². The van der Waals surface area contributed by atoms with Crippen LogP contribution in [0.15, 0.2) is 97.2 Å². The number of hydrogen-bond donors (Lipinski definition) is 2. The van der Waals surface area contributed by atoms with E-state index in [0.29, 0.717) is 24.0 Å². The van der Waals surface area contributed by atoms with Crippen molar-refractivity contribution in [1.82, 2.24) is 30.0 Å². The zero-order valence-electron chi connectivity index (χ0n) is 19.3. The molecule has 0 radical (unpaired) electrons. The first-order valence-electron chi connectivity index (χ1n) is 11.6. The van der Waals surface area contributed by atoms with Crippen LogP contribution < -0.4 is 10.1 Å². The number of fused-ring (bicyclic) bond motifs is 2. The topological polar surface area (TPSA) is 97.7 Å². The maximum Gasteiger partial charge on any atom is 0.238 e. The van der Waals surface area contributed by atoms with E-state index in [2.05, 4.69) is 25.5 Å². The molecule has 3 aromatic carbocycles. The van der Waals surface area contributed by atoms with Crippen molar-refractivity contribution < 1.29 is 9.53 Å². The Morgan fingerprint density at radius 1 is 0.889 bits per heavy atom. The number of amides is 1. The lowest BCUT2D eigenvalue weighted by atomic mass is 10.1. The fourth-order valence-corrected chi connectivity index (χ4v) is 4.19. The molecule has 8 heteroatoms. The Labute approximate surface area is 206 Å². The summed E-state index contributed by atoms with van der Waals surface area (Å²) in [6.45, 7) is 0.334. The van der Waals surface area contributed by atoms with E-state index >= 15 is 0 Å². The van der Waals surface area contributed by atoms with Gasteiger partial charge in [-0.15, -0.1) is 10.2 Å². The monoisotopic (exact) mass is 474 g/mol. The number of carbonyl (C=O) groups excluding carboxylic acids is 1. The summed E-state index contributed by atoms with van der Waals surface area (Å²) < 4.78 is 7.69. The van der Waals surface area contributed by atoms with E-state index < -0.39 is 0 Å². The maximum atomic E-state index is 12.8. The third-order valence-corrected chi connectivity index (χ3v) is 5.88. The van der Waals surface area contributed by atoms with Crippen LogP contribution in [0.1, 0.15) is 11.4 Å². The van der Waals surface area contributed by atoms with Gasteiger partial charge in [0.1, 0.15) is 11.6 Å². The van der Waals surface area contributed by atoms with Crippen LogP contribution in [0, 0.1) is 0 Å². The molecule has 0 saturated carbocycles. The zero-order valence-corrected chi connectivity index (χ0v) is 19.3. The molecule has 0 aliphatic rings. The Balaban J connectivity index is 1.19. The highest BCUT2D eigenvalue weighted by atomic mass is 16.5.